The average molecular weight is 276 g/mol. The zero-order chi connectivity index (χ0) is 13.0. The molecular formula is C12H10N3OS2-. The summed E-state index contributed by atoms with van der Waals surface area (Å²) < 4.78 is 0. The van der Waals surface area contributed by atoms with Crippen LogP contribution in [-0.4, -0.2) is 10.9 Å². The van der Waals surface area contributed by atoms with E-state index in [2.05, 4.69) is 10.3 Å². The first-order valence-corrected chi connectivity index (χ1v) is 6.86. The number of amides is 1. The van der Waals surface area contributed by atoms with Gasteiger partial charge in [0.05, 0.1) is 22.0 Å². The average Bonchev–Trinajstić information content (AvgIpc) is 2.41. The molecule has 0 atom stereocenters. The highest BCUT2D eigenvalue weighted by Gasteiger charge is 2.07. The Hall–Kier alpha value is -1.66. The van der Waals surface area contributed by atoms with Gasteiger partial charge in [0.25, 0.3) is 5.91 Å². The van der Waals surface area contributed by atoms with Gasteiger partial charge in [0.15, 0.2) is 0 Å². The molecule has 0 saturated heterocycles. The number of nitrogens with zero attached hydrogens (tertiary/aromatic N) is 1. The number of hydrogen-bond donors (Lipinski definition) is 2. The number of nitrogen functional groups attached to an aromatic ring is 1. The highest BCUT2D eigenvalue weighted by Crippen LogP contribution is 2.18. The second kappa shape index (κ2) is 5.79. The first-order valence-electron chi connectivity index (χ1n) is 5.12. The molecule has 4 nitrogen and oxygen atoms in total. The molecule has 1 heterocycles. The smallest absolute Gasteiger partial charge is 0.257 e. The molecule has 0 aliphatic rings. The van der Waals surface area contributed by atoms with Crippen molar-refractivity contribution in [3.05, 3.63) is 48.2 Å². The molecule has 18 heavy (non-hydrogen) atoms. The molecule has 3 N–H and O–H groups in total. The van der Waals surface area contributed by atoms with Gasteiger partial charge in [0.2, 0.25) is 0 Å². The van der Waals surface area contributed by atoms with Crippen LogP contribution in [0.2, 0.25) is 0 Å². The van der Waals surface area contributed by atoms with Crippen molar-refractivity contribution < 1.29 is 4.79 Å². The predicted octanol–water partition coefficient (Wildman–Crippen LogP) is 2.47. The second-order valence-corrected chi connectivity index (χ2v) is 4.59. The summed E-state index contributed by atoms with van der Waals surface area (Å²) in [6.07, 6.45) is 1.49. The van der Waals surface area contributed by atoms with Crippen molar-refractivity contribution in [1.29, 1.82) is 0 Å². The first-order chi connectivity index (χ1) is 8.70. The number of para-hydroxylation sites is 2. The fourth-order valence-electron chi connectivity index (χ4n) is 1.37. The van der Waals surface area contributed by atoms with E-state index in [-0.39, 0.29) is 5.91 Å². The Morgan fingerprint density at radius 1 is 1.28 bits per heavy atom. The number of nitrogens with two attached hydrogens (primary N) is 1. The second-order valence-electron chi connectivity index (χ2n) is 3.51. The molecule has 2 rings (SSSR count). The van der Waals surface area contributed by atoms with Gasteiger partial charge in [0, 0.05) is 6.20 Å². The van der Waals surface area contributed by atoms with Crippen LogP contribution in [0, 0.1) is 0 Å². The largest absolute Gasteiger partial charge is 0.712 e. The van der Waals surface area contributed by atoms with Gasteiger partial charge in [-0.05, 0) is 24.3 Å². The Balaban J connectivity index is 2.14. The van der Waals surface area contributed by atoms with Crippen LogP contribution in [0.4, 0.5) is 11.4 Å². The van der Waals surface area contributed by atoms with E-state index in [0.29, 0.717) is 22.0 Å². The highest BCUT2D eigenvalue weighted by atomic mass is 33.1. The molecule has 0 aliphatic carbocycles. The van der Waals surface area contributed by atoms with Crippen LogP contribution in [-0.2, 0) is 11.7 Å². The number of carbonyl (C=O) groups excluding carboxylic acids is 1. The molecule has 0 aliphatic heterocycles. The van der Waals surface area contributed by atoms with Gasteiger partial charge in [-0.25, -0.2) is 0 Å². The van der Waals surface area contributed by atoms with Crippen LogP contribution in [0.5, 0.6) is 0 Å². The van der Waals surface area contributed by atoms with Crippen molar-refractivity contribution in [3.63, 3.8) is 0 Å². The van der Waals surface area contributed by atoms with Gasteiger partial charge < -0.3 is 22.7 Å². The summed E-state index contributed by atoms with van der Waals surface area (Å²) in [4.78, 5) is 16.0. The summed E-state index contributed by atoms with van der Waals surface area (Å²) in [5.74, 6) is -0.249. The van der Waals surface area contributed by atoms with Crippen LogP contribution >= 0.6 is 10.8 Å². The number of benzene rings is 1. The van der Waals surface area contributed by atoms with Gasteiger partial charge in [-0.2, -0.15) is 0 Å². The zero-order valence-electron chi connectivity index (χ0n) is 9.29. The van der Waals surface area contributed by atoms with Crippen molar-refractivity contribution >= 4 is 39.7 Å². The van der Waals surface area contributed by atoms with Gasteiger partial charge in [0.1, 0.15) is 0 Å². The SMILES string of the molecule is Nc1ccccc1NC(=O)c1ccc(S[S-])nc1. The topological polar surface area (TPSA) is 68.0 Å². The van der Waals surface area contributed by atoms with Crippen LogP contribution in [0.25, 0.3) is 0 Å². The number of anilines is 2. The van der Waals surface area contributed by atoms with E-state index in [4.69, 9.17) is 17.4 Å². The van der Waals surface area contributed by atoms with Crippen molar-refractivity contribution in [2.45, 2.75) is 5.03 Å². The fraction of sp³-hybridized carbons (Fsp3) is 0. The normalized spacial score (nSPS) is 10.1. The minimum Gasteiger partial charge on any atom is -0.712 e. The van der Waals surface area contributed by atoms with Crippen LogP contribution in [0.1, 0.15) is 10.4 Å². The predicted molar refractivity (Wildman–Crippen MR) is 76.3 cm³/mol. The minimum absolute atomic E-state index is 0.249. The number of pyridine rings is 1. The quantitative estimate of drug-likeness (QED) is 0.512. The summed E-state index contributed by atoms with van der Waals surface area (Å²) in [7, 11) is 1.12. The molecular weight excluding hydrogens is 266 g/mol. The lowest BCUT2D eigenvalue weighted by molar-refractivity contribution is 0.102. The standard InChI is InChI=1S/C12H11N3OS2/c13-9-3-1-2-4-10(9)15-12(16)8-5-6-11(18-17)14-7-8/h1-7,17H,13H2,(H,15,16)/p-1. The lowest BCUT2D eigenvalue weighted by Crippen LogP contribution is -2.13. The number of hydrogen-bond acceptors (Lipinski definition) is 5. The Morgan fingerprint density at radius 2 is 2.06 bits per heavy atom. The van der Waals surface area contributed by atoms with Crippen LogP contribution in [0.3, 0.4) is 0 Å². The summed E-state index contributed by atoms with van der Waals surface area (Å²) >= 11 is 4.79. The van der Waals surface area contributed by atoms with E-state index >= 15 is 0 Å². The summed E-state index contributed by atoms with van der Waals surface area (Å²) in [5.41, 5.74) is 7.32. The maximum absolute atomic E-state index is 11.9. The molecule has 0 bridgehead atoms. The third-order valence-corrected chi connectivity index (χ3v) is 3.22. The number of nitrogens with one attached hydrogen (secondary N) is 1. The van der Waals surface area contributed by atoms with Crippen molar-refractivity contribution in [2.24, 2.45) is 0 Å². The van der Waals surface area contributed by atoms with Gasteiger partial charge in [-0.15, -0.1) is 0 Å². The minimum atomic E-state index is -0.249. The van der Waals surface area contributed by atoms with E-state index in [9.17, 15) is 4.79 Å². The first kappa shape index (κ1) is 12.8. The molecule has 6 heteroatoms. The van der Waals surface area contributed by atoms with Gasteiger partial charge in [-0.1, -0.05) is 12.1 Å². The molecule has 92 valence electrons. The van der Waals surface area contributed by atoms with Gasteiger partial charge >= 0.3 is 0 Å². The maximum Gasteiger partial charge on any atom is 0.257 e. The van der Waals surface area contributed by atoms with E-state index < -0.39 is 0 Å². The lowest BCUT2D eigenvalue weighted by atomic mass is 10.2. The highest BCUT2D eigenvalue weighted by molar-refractivity contribution is 8.59. The van der Waals surface area contributed by atoms with Crippen LogP contribution < -0.4 is 11.1 Å². The molecule has 0 unspecified atom stereocenters. The van der Waals surface area contributed by atoms with Crippen molar-refractivity contribution in [3.8, 4) is 0 Å². The lowest BCUT2D eigenvalue weighted by Gasteiger charge is -2.08. The molecule has 1 aromatic carbocycles. The van der Waals surface area contributed by atoms with E-state index in [1.54, 1.807) is 30.3 Å². The van der Waals surface area contributed by atoms with E-state index in [1.165, 1.54) is 6.20 Å². The third-order valence-electron chi connectivity index (χ3n) is 2.29. The number of carbonyl (C=O) groups is 1. The number of rotatable bonds is 3. The summed E-state index contributed by atoms with van der Waals surface area (Å²) in [5, 5.41) is 3.42. The van der Waals surface area contributed by atoms with E-state index in [1.807, 2.05) is 6.07 Å². The summed E-state index contributed by atoms with van der Waals surface area (Å²) in [6, 6.07) is 10.5. The summed E-state index contributed by atoms with van der Waals surface area (Å²) in [6.45, 7) is 0. The Labute approximate surface area is 114 Å². The van der Waals surface area contributed by atoms with Gasteiger partial charge in [-0.3, -0.25) is 20.6 Å². The maximum atomic E-state index is 11.9. The molecule has 0 fully saturated rings. The molecule has 1 amide bonds. The Morgan fingerprint density at radius 3 is 2.67 bits per heavy atom. The van der Waals surface area contributed by atoms with Crippen molar-refractivity contribution in [2.75, 3.05) is 11.1 Å². The molecule has 2 aromatic rings. The zero-order valence-corrected chi connectivity index (χ0v) is 10.9. The van der Waals surface area contributed by atoms with Crippen molar-refractivity contribution in [1.82, 2.24) is 4.98 Å². The Bertz CT molecular complexity index is 558. The third kappa shape index (κ3) is 2.96. The monoisotopic (exact) mass is 276 g/mol. The Kier molecular flexibility index (Phi) is 4.11. The molecule has 0 saturated carbocycles. The van der Waals surface area contributed by atoms with E-state index in [0.717, 1.165) is 10.8 Å². The molecule has 0 spiro atoms. The number of aromatic nitrogens is 1. The molecule has 0 radical (unpaired) electrons. The fourth-order valence-corrected chi connectivity index (χ4v) is 1.88. The van der Waals surface area contributed by atoms with Crippen LogP contribution in [0.15, 0.2) is 47.6 Å². The molecule has 1 aromatic heterocycles.